The Morgan fingerprint density at radius 3 is 2.54 bits per heavy atom. The fourth-order valence-corrected chi connectivity index (χ4v) is 2.78. The van der Waals surface area contributed by atoms with Gasteiger partial charge in [0.2, 0.25) is 0 Å². The van der Waals surface area contributed by atoms with Crippen LogP contribution in [0.1, 0.15) is 21.5 Å². The zero-order chi connectivity index (χ0) is 16.9. The average molecular weight is 326 g/mol. The minimum absolute atomic E-state index is 0.309. The van der Waals surface area contributed by atoms with Crippen molar-refractivity contribution in [2.75, 3.05) is 36.5 Å². The van der Waals surface area contributed by atoms with Crippen LogP contribution in [-0.2, 0) is 11.3 Å². The molecule has 0 amide bonds. The number of carboxylic acid groups (broad SMARTS) is 1. The van der Waals surface area contributed by atoms with E-state index in [0.29, 0.717) is 12.1 Å². The Morgan fingerprint density at radius 2 is 1.88 bits per heavy atom. The normalized spacial score (nSPS) is 14.5. The number of carbonyl (C=O) groups is 1. The van der Waals surface area contributed by atoms with E-state index >= 15 is 0 Å². The second-order valence-corrected chi connectivity index (χ2v) is 5.95. The molecule has 1 fully saturated rings. The third kappa shape index (κ3) is 3.86. The summed E-state index contributed by atoms with van der Waals surface area (Å²) in [4.78, 5) is 13.2. The summed E-state index contributed by atoms with van der Waals surface area (Å²) in [7, 11) is 0. The first-order valence-corrected chi connectivity index (χ1v) is 8.13. The largest absolute Gasteiger partial charge is 0.478 e. The molecular weight excluding hydrogens is 304 g/mol. The van der Waals surface area contributed by atoms with Crippen molar-refractivity contribution in [2.45, 2.75) is 13.5 Å². The van der Waals surface area contributed by atoms with Gasteiger partial charge < -0.3 is 20.1 Å². The van der Waals surface area contributed by atoms with E-state index in [-0.39, 0.29) is 0 Å². The van der Waals surface area contributed by atoms with Crippen LogP contribution in [-0.4, -0.2) is 37.4 Å². The van der Waals surface area contributed by atoms with Gasteiger partial charge in [-0.15, -0.1) is 0 Å². The summed E-state index contributed by atoms with van der Waals surface area (Å²) in [5.74, 6) is -0.899. The van der Waals surface area contributed by atoms with Gasteiger partial charge in [-0.3, -0.25) is 0 Å². The number of hydrogen-bond donors (Lipinski definition) is 2. The lowest BCUT2D eigenvalue weighted by Gasteiger charge is -2.29. The lowest BCUT2D eigenvalue weighted by molar-refractivity contribution is 0.0697. The van der Waals surface area contributed by atoms with Crippen molar-refractivity contribution in [2.24, 2.45) is 0 Å². The summed E-state index contributed by atoms with van der Waals surface area (Å²) in [6.07, 6.45) is 0. The van der Waals surface area contributed by atoms with Gasteiger partial charge in [-0.25, -0.2) is 4.79 Å². The molecule has 3 rings (SSSR count). The van der Waals surface area contributed by atoms with Gasteiger partial charge in [-0.2, -0.15) is 0 Å². The van der Waals surface area contributed by atoms with Crippen LogP contribution in [0.15, 0.2) is 42.5 Å². The van der Waals surface area contributed by atoms with Crippen molar-refractivity contribution >= 4 is 17.3 Å². The predicted octanol–water partition coefficient (Wildman–Crippen LogP) is 3.14. The molecule has 0 atom stereocenters. The number of rotatable bonds is 5. The van der Waals surface area contributed by atoms with Gasteiger partial charge in [0.1, 0.15) is 0 Å². The van der Waals surface area contributed by atoms with Crippen LogP contribution in [0, 0.1) is 6.92 Å². The molecule has 0 bridgehead atoms. The molecule has 0 saturated carbocycles. The second kappa shape index (κ2) is 7.36. The fourth-order valence-electron chi connectivity index (χ4n) is 2.78. The molecule has 126 valence electrons. The van der Waals surface area contributed by atoms with Crippen molar-refractivity contribution in [1.82, 2.24) is 0 Å². The number of ether oxygens (including phenoxy) is 1. The molecule has 2 aromatic rings. The lowest BCUT2D eigenvalue weighted by Crippen LogP contribution is -2.36. The van der Waals surface area contributed by atoms with E-state index in [1.807, 2.05) is 12.1 Å². The minimum Gasteiger partial charge on any atom is -0.478 e. The first-order valence-electron chi connectivity index (χ1n) is 8.13. The summed E-state index contributed by atoms with van der Waals surface area (Å²) >= 11 is 0. The predicted molar refractivity (Wildman–Crippen MR) is 94.9 cm³/mol. The SMILES string of the molecule is Cc1ccc(N2CCOCC2)cc1NCc1ccc(C(=O)O)cc1. The van der Waals surface area contributed by atoms with E-state index in [9.17, 15) is 4.79 Å². The highest BCUT2D eigenvalue weighted by Crippen LogP contribution is 2.24. The van der Waals surface area contributed by atoms with Crippen molar-refractivity contribution in [3.05, 3.63) is 59.2 Å². The summed E-state index contributed by atoms with van der Waals surface area (Å²) in [5.41, 5.74) is 4.85. The van der Waals surface area contributed by atoms with E-state index in [4.69, 9.17) is 9.84 Å². The smallest absolute Gasteiger partial charge is 0.335 e. The molecule has 0 spiro atoms. The third-order valence-electron chi connectivity index (χ3n) is 4.28. The van der Waals surface area contributed by atoms with Gasteiger partial charge in [0.25, 0.3) is 0 Å². The summed E-state index contributed by atoms with van der Waals surface area (Å²) in [6.45, 7) is 6.11. The molecule has 1 heterocycles. The molecule has 0 unspecified atom stereocenters. The maximum absolute atomic E-state index is 10.9. The van der Waals surface area contributed by atoms with Gasteiger partial charge in [0, 0.05) is 31.0 Å². The van der Waals surface area contributed by atoms with Crippen molar-refractivity contribution in [3.63, 3.8) is 0 Å². The summed E-state index contributed by atoms with van der Waals surface area (Å²) < 4.78 is 5.41. The number of hydrogen-bond acceptors (Lipinski definition) is 4. The zero-order valence-electron chi connectivity index (χ0n) is 13.8. The molecule has 0 radical (unpaired) electrons. The first-order chi connectivity index (χ1) is 11.6. The number of carboxylic acids is 1. The second-order valence-electron chi connectivity index (χ2n) is 5.95. The molecule has 2 N–H and O–H groups in total. The summed E-state index contributed by atoms with van der Waals surface area (Å²) in [6, 6.07) is 13.4. The number of aromatic carboxylic acids is 1. The Kier molecular flexibility index (Phi) is 5.01. The highest BCUT2D eigenvalue weighted by atomic mass is 16.5. The van der Waals surface area contributed by atoms with Crippen LogP contribution < -0.4 is 10.2 Å². The van der Waals surface area contributed by atoms with E-state index in [1.165, 1.54) is 11.3 Å². The molecule has 1 saturated heterocycles. The number of anilines is 2. The zero-order valence-corrected chi connectivity index (χ0v) is 13.8. The van der Waals surface area contributed by atoms with Gasteiger partial charge in [-0.05, 0) is 42.3 Å². The lowest BCUT2D eigenvalue weighted by atomic mass is 10.1. The van der Waals surface area contributed by atoms with E-state index in [2.05, 4.69) is 35.3 Å². The molecule has 0 aromatic heterocycles. The molecule has 1 aliphatic heterocycles. The molecule has 2 aromatic carbocycles. The van der Waals surface area contributed by atoms with Crippen molar-refractivity contribution < 1.29 is 14.6 Å². The number of morpholine rings is 1. The van der Waals surface area contributed by atoms with Crippen LogP contribution in [0.4, 0.5) is 11.4 Å². The van der Waals surface area contributed by atoms with Gasteiger partial charge in [0.15, 0.2) is 0 Å². The van der Waals surface area contributed by atoms with Crippen LogP contribution in [0.2, 0.25) is 0 Å². The van der Waals surface area contributed by atoms with Crippen molar-refractivity contribution in [3.8, 4) is 0 Å². The molecule has 5 heteroatoms. The molecule has 0 aliphatic carbocycles. The highest BCUT2D eigenvalue weighted by Gasteiger charge is 2.12. The quantitative estimate of drug-likeness (QED) is 0.884. The minimum atomic E-state index is -0.899. The van der Waals surface area contributed by atoms with Crippen LogP contribution in [0.25, 0.3) is 0 Å². The van der Waals surface area contributed by atoms with E-state index in [1.54, 1.807) is 12.1 Å². The molecule has 5 nitrogen and oxygen atoms in total. The Hall–Kier alpha value is -2.53. The third-order valence-corrected chi connectivity index (χ3v) is 4.28. The van der Waals surface area contributed by atoms with Crippen LogP contribution in [0.5, 0.6) is 0 Å². The first kappa shape index (κ1) is 16.3. The maximum atomic E-state index is 10.9. The number of benzene rings is 2. The number of nitrogens with one attached hydrogen (secondary N) is 1. The van der Waals surface area contributed by atoms with Gasteiger partial charge >= 0.3 is 5.97 Å². The Bertz CT molecular complexity index is 707. The number of nitrogens with zero attached hydrogens (tertiary/aromatic N) is 1. The maximum Gasteiger partial charge on any atom is 0.335 e. The molecule has 24 heavy (non-hydrogen) atoms. The van der Waals surface area contributed by atoms with Crippen LogP contribution in [0.3, 0.4) is 0 Å². The van der Waals surface area contributed by atoms with Crippen LogP contribution >= 0.6 is 0 Å². The standard InChI is InChI=1S/C19H22N2O3/c1-14-2-7-17(21-8-10-24-11-9-21)12-18(14)20-13-15-3-5-16(6-4-15)19(22)23/h2-7,12,20H,8-11,13H2,1H3,(H,22,23). The molecular formula is C19H22N2O3. The fraction of sp³-hybridized carbons (Fsp3) is 0.316. The van der Waals surface area contributed by atoms with Gasteiger partial charge in [0.05, 0.1) is 18.8 Å². The van der Waals surface area contributed by atoms with Crippen molar-refractivity contribution in [1.29, 1.82) is 0 Å². The highest BCUT2D eigenvalue weighted by molar-refractivity contribution is 5.87. The Balaban J connectivity index is 1.68. The summed E-state index contributed by atoms with van der Waals surface area (Å²) in [5, 5.41) is 12.4. The topological polar surface area (TPSA) is 61.8 Å². The number of aryl methyl sites for hydroxylation is 1. The Morgan fingerprint density at radius 1 is 1.17 bits per heavy atom. The van der Waals surface area contributed by atoms with E-state index < -0.39 is 5.97 Å². The molecule has 1 aliphatic rings. The Labute approximate surface area is 141 Å². The van der Waals surface area contributed by atoms with Gasteiger partial charge in [-0.1, -0.05) is 18.2 Å². The average Bonchev–Trinajstić information content (AvgIpc) is 2.62. The van der Waals surface area contributed by atoms with E-state index in [0.717, 1.165) is 37.6 Å². The monoisotopic (exact) mass is 326 g/mol.